The second-order valence-corrected chi connectivity index (χ2v) is 13.5. The van der Waals surface area contributed by atoms with E-state index in [1.165, 1.54) is 87.6 Å². The first kappa shape index (κ1) is 27.5. The highest BCUT2D eigenvalue weighted by molar-refractivity contribution is 9.11. The molecule has 0 unspecified atom stereocenters. The normalized spacial score (nSPS) is 11.7. The van der Waals surface area contributed by atoms with E-state index in [2.05, 4.69) is 190 Å². The van der Waals surface area contributed by atoms with Gasteiger partial charge in [0.05, 0.1) is 0 Å². The monoisotopic (exact) mass is 712 g/mol. The van der Waals surface area contributed by atoms with Crippen LogP contribution in [0.1, 0.15) is 0 Å². The third-order valence-electron chi connectivity index (χ3n) is 9.40. The molecule has 46 heavy (non-hydrogen) atoms. The Hall–Kier alpha value is -4.76. The zero-order chi connectivity index (χ0) is 30.8. The van der Waals surface area contributed by atoms with Gasteiger partial charge >= 0.3 is 0 Å². The minimum Gasteiger partial charge on any atom is -0.0622 e. The molecule has 9 aromatic rings. The predicted octanol–water partition coefficient (Wildman–Crippen LogP) is 13.9. The molecule has 0 aliphatic carbocycles. The van der Waals surface area contributed by atoms with Crippen LogP contribution in [0.5, 0.6) is 0 Å². The van der Waals surface area contributed by atoms with Crippen LogP contribution in [0.25, 0.3) is 87.6 Å². The Labute approximate surface area is 284 Å². The fourth-order valence-electron chi connectivity index (χ4n) is 7.42. The minimum atomic E-state index is 1.11. The lowest BCUT2D eigenvalue weighted by atomic mass is 9.82. The molecule has 9 rings (SSSR count). The van der Waals surface area contributed by atoms with Gasteiger partial charge in [-0.25, -0.2) is 0 Å². The molecule has 0 saturated heterocycles. The second-order valence-electron chi connectivity index (χ2n) is 11.8. The highest BCUT2D eigenvalue weighted by Gasteiger charge is 2.22. The van der Waals surface area contributed by atoms with Crippen LogP contribution in [0.2, 0.25) is 0 Å². The van der Waals surface area contributed by atoms with Crippen LogP contribution in [0.3, 0.4) is 0 Å². The van der Waals surface area contributed by atoms with Crippen molar-refractivity contribution in [1.29, 1.82) is 0 Å². The first-order valence-corrected chi connectivity index (χ1v) is 17.1. The number of hydrogen-bond donors (Lipinski definition) is 0. The summed E-state index contributed by atoms with van der Waals surface area (Å²) < 4.78 is 2.21. The van der Waals surface area contributed by atoms with E-state index in [1.54, 1.807) is 0 Å². The van der Waals surface area contributed by atoms with E-state index in [9.17, 15) is 0 Å². The van der Waals surface area contributed by atoms with Crippen LogP contribution >= 0.6 is 31.9 Å². The van der Waals surface area contributed by atoms with E-state index in [4.69, 9.17) is 0 Å². The van der Waals surface area contributed by atoms with Gasteiger partial charge in [-0.05, 0) is 99.7 Å². The lowest BCUT2D eigenvalue weighted by Gasteiger charge is -2.22. The fourth-order valence-corrected chi connectivity index (χ4v) is 8.35. The van der Waals surface area contributed by atoms with Crippen molar-refractivity contribution in [1.82, 2.24) is 0 Å². The van der Waals surface area contributed by atoms with Crippen molar-refractivity contribution in [3.05, 3.63) is 167 Å². The van der Waals surface area contributed by atoms with Crippen LogP contribution in [0, 0.1) is 0 Å². The Morgan fingerprint density at radius 3 is 1.00 bits per heavy atom. The van der Waals surface area contributed by atoms with Gasteiger partial charge in [-0.1, -0.05) is 177 Å². The summed E-state index contributed by atoms with van der Waals surface area (Å²) in [4.78, 5) is 0. The molecule has 0 bridgehead atoms. The van der Waals surface area contributed by atoms with Crippen LogP contribution in [0.4, 0.5) is 0 Å². The maximum absolute atomic E-state index is 3.94. The predicted molar refractivity (Wildman–Crippen MR) is 205 cm³/mol. The third-order valence-corrected chi connectivity index (χ3v) is 10.8. The van der Waals surface area contributed by atoms with Crippen molar-refractivity contribution in [2.75, 3.05) is 0 Å². The van der Waals surface area contributed by atoms with Gasteiger partial charge in [0.25, 0.3) is 0 Å². The van der Waals surface area contributed by atoms with Gasteiger partial charge in [0.1, 0.15) is 0 Å². The maximum Gasteiger partial charge on any atom is 0.0254 e. The van der Waals surface area contributed by atoms with Crippen molar-refractivity contribution in [2.45, 2.75) is 0 Å². The molecule has 0 aliphatic heterocycles. The van der Waals surface area contributed by atoms with Gasteiger partial charge in [-0.2, -0.15) is 0 Å². The van der Waals surface area contributed by atoms with Crippen LogP contribution in [-0.4, -0.2) is 0 Å². The molecule has 0 atom stereocenters. The highest BCUT2D eigenvalue weighted by atomic mass is 79.9. The van der Waals surface area contributed by atoms with Crippen LogP contribution in [0.15, 0.2) is 167 Å². The summed E-state index contributed by atoms with van der Waals surface area (Å²) in [5.41, 5.74) is 9.88. The van der Waals surface area contributed by atoms with Crippen LogP contribution < -0.4 is 0 Å². The Morgan fingerprint density at radius 1 is 0.239 bits per heavy atom. The van der Waals surface area contributed by atoms with E-state index >= 15 is 0 Å². The maximum atomic E-state index is 3.94. The van der Waals surface area contributed by atoms with E-state index in [-0.39, 0.29) is 0 Å². The number of fused-ring (bicyclic) bond motifs is 2. The van der Waals surface area contributed by atoms with E-state index < -0.39 is 0 Å². The first-order valence-electron chi connectivity index (χ1n) is 15.5. The molecular weight excluding hydrogens is 688 g/mol. The van der Waals surface area contributed by atoms with Gasteiger partial charge in [-0.3, -0.25) is 0 Å². The van der Waals surface area contributed by atoms with E-state index in [0.717, 1.165) is 8.95 Å². The standard InChI is InChI=1S/C44H26Br2/c45-39-26-24-38-42-34(32-18-10-8-16-30(32)28-13-5-2-6-14-28)20-22-36-40(46)25-23-37(44(36)42)41-33(19-21-35(39)43(38)41)31-17-9-7-15-29(31)27-11-3-1-4-12-27/h1-26H. The third kappa shape index (κ3) is 4.17. The summed E-state index contributed by atoms with van der Waals surface area (Å²) in [6.45, 7) is 0. The molecule has 0 heterocycles. The molecule has 0 amide bonds. The molecule has 0 spiro atoms. The first-order chi connectivity index (χ1) is 22.7. The number of rotatable bonds is 4. The molecule has 0 radical (unpaired) electrons. The summed E-state index contributed by atoms with van der Waals surface area (Å²) in [7, 11) is 0. The summed E-state index contributed by atoms with van der Waals surface area (Å²) >= 11 is 7.87. The lowest BCUT2D eigenvalue weighted by Crippen LogP contribution is -1.94. The van der Waals surface area contributed by atoms with Gasteiger partial charge in [0.15, 0.2) is 0 Å². The summed E-state index contributed by atoms with van der Waals surface area (Å²) in [5.74, 6) is 0. The largest absolute Gasteiger partial charge is 0.0622 e. The fraction of sp³-hybridized carbons (Fsp3) is 0. The smallest absolute Gasteiger partial charge is 0.0254 e. The van der Waals surface area contributed by atoms with Gasteiger partial charge < -0.3 is 0 Å². The lowest BCUT2D eigenvalue weighted by molar-refractivity contribution is 1.60. The molecule has 2 heteroatoms. The summed E-state index contributed by atoms with van der Waals surface area (Å²) in [6.07, 6.45) is 0. The van der Waals surface area contributed by atoms with Crippen molar-refractivity contribution >= 4 is 74.9 Å². The molecule has 0 aromatic heterocycles. The van der Waals surface area contributed by atoms with Gasteiger partial charge in [-0.15, -0.1) is 0 Å². The molecule has 0 saturated carbocycles. The molecular formula is C44H26Br2. The van der Waals surface area contributed by atoms with Crippen molar-refractivity contribution in [3.63, 3.8) is 0 Å². The topological polar surface area (TPSA) is 0 Å². The Kier molecular flexibility index (Phi) is 6.55. The van der Waals surface area contributed by atoms with E-state index in [0.29, 0.717) is 0 Å². The molecule has 0 N–H and O–H groups in total. The van der Waals surface area contributed by atoms with Crippen molar-refractivity contribution < 1.29 is 0 Å². The Balaban J connectivity index is 1.48. The second kappa shape index (κ2) is 10.9. The quantitative estimate of drug-likeness (QED) is 0.126. The zero-order valence-corrected chi connectivity index (χ0v) is 27.9. The van der Waals surface area contributed by atoms with Crippen LogP contribution in [-0.2, 0) is 0 Å². The summed E-state index contributed by atoms with van der Waals surface area (Å²) in [5, 5.41) is 10.1. The summed E-state index contributed by atoms with van der Waals surface area (Å²) in [6, 6.07) is 57.4. The molecule has 216 valence electrons. The minimum absolute atomic E-state index is 1.11. The Bertz CT molecular complexity index is 2400. The number of halogens is 2. The number of benzene rings is 9. The molecule has 0 fully saturated rings. The van der Waals surface area contributed by atoms with Gasteiger partial charge in [0.2, 0.25) is 0 Å². The molecule has 0 nitrogen and oxygen atoms in total. The number of hydrogen-bond acceptors (Lipinski definition) is 0. The highest BCUT2D eigenvalue weighted by Crippen LogP contribution is 2.51. The van der Waals surface area contributed by atoms with Crippen molar-refractivity contribution in [3.8, 4) is 44.5 Å². The van der Waals surface area contributed by atoms with Crippen molar-refractivity contribution in [2.24, 2.45) is 0 Å². The molecule has 9 aromatic carbocycles. The van der Waals surface area contributed by atoms with Gasteiger partial charge in [0, 0.05) is 8.95 Å². The van der Waals surface area contributed by atoms with E-state index in [1.807, 2.05) is 0 Å². The average molecular weight is 715 g/mol. The molecule has 0 aliphatic rings. The average Bonchev–Trinajstić information content (AvgIpc) is 3.12. The zero-order valence-electron chi connectivity index (χ0n) is 24.8. The SMILES string of the molecule is Brc1ccc2c3c(-c4ccccc4-c4ccccc4)ccc4c(Br)ccc(c5c(-c6ccccc6-c6ccccc6)ccc1c25)c43. The Morgan fingerprint density at radius 2 is 0.587 bits per heavy atom.